The topological polar surface area (TPSA) is 63.8 Å². The van der Waals surface area contributed by atoms with Crippen LogP contribution in [0.25, 0.3) is 11.6 Å². The molecule has 3 heterocycles. The maximum Gasteiger partial charge on any atom is 0.0963 e. The van der Waals surface area contributed by atoms with E-state index in [0.29, 0.717) is 5.69 Å². The molecule has 0 saturated carbocycles. The van der Waals surface area contributed by atoms with E-state index in [0.717, 1.165) is 33.8 Å². The van der Waals surface area contributed by atoms with Crippen molar-refractivity contribution < 1.29 is 0 Å². The van der Waals surface area contributed by atoms with Crippen molar-refractivity contribution in [3.05, 3.63) is 108 Å². The number of hydrogen-bond acceptors (Lipinski definition) is 4. The van der Waals surface area contributed by atoms with Crippen molar-refractivity contribution in [1.29, 1.82) is 0 Å². The van der Waals surface area contributed by atoms with Gasteiger partial charge in [-0.3, -0.25) is 9.97 Å². The zero-order chi connectivity index (χ0) is 19.6. The Hall–Kier alpha value is -3.66. The lowest BCUT2D eigenvalue weighted by Gasteiger charge is -2.36. The standard InChI is InChI=1S/C24H22N4/c1-3-4-9-17-12-13-18-19(20-10-5-7-14-26-20)16-24(2,28-23(18)22(17)25)21-11-6-8-15-27-21/h3-16,28H,1,25H2,2H3/b9-4-. The van der Waals surface area contributed by atoms with E-state index in [4.69, 9.17) is 5.73 Å². The van der Waals surface area contributed by atoms with Gasteiger partial charge in [0.2, 0.25) is 0 Å². The average molecular weight is 366 g/mol. The van der Waals surface area contributed by atoms with Crippen molar-refractivity contribution >= 4 is 23.0 Å². The van der Waals surface area contributed by atoms with E-state index < -0.39 is 5.54 Å². The number of nitrogens with zero attached hydrogens (tertiary/aromatic N) is 2. The van der Waals surface area contributed by atoms with Crippen LogP contribution in [-0.4, -0.2) is 9.97 Å². The van der Waals surface area contributed by atoms with Crippen LogP contribution in [0.2, 0.25) is 0 Å². The quantitative estimate of drug-likeness (QED) is 0.502. The van der Waals surface area contributed by atoms with Gasteiger partial charge in [0, 0.05) is 23.5 Å². The molecule has 0 fully saturated rings. The van der Waals surface area contributed by atoms with Gasteiger partial charge in [-0.25, -0.2) is 0 Å². The average Bonchev–Trinajstić information content (AvgIpc) is 2.74. The third-order valence-electron chi connectivity index (χ3n) is 4.94. The summed E-state index contributed by atoms with van der Waals surface area (Å²) in [5.74, 6) is 0. The number of rotatable bonds is 4. The van der Waals surface area contributed by atoms with E-state index in [1.54, 1.807) is 18.5 Å². The lowest BCUT2D eigenvalue weighted by Crippen LogP contribution is -2.34. The molecule has 0 bridgehead atoms. The number of anilines is 2. The first-order chi connectivity index (χ1) is 13.6. The molecule has 0 amide bonds. The van der Waals surface area contributed by atoms with Crippen LogP contribution in [0.3, 0.4) is 0 Å². The van der Waals surface area contributed by atoms with Crippen molar-refractivity contribution in [3.8, 4) is 0 Å². The highest BCUT2D eigenvalue weighted by molar-refractivity contribution is 5.95. The van der Waals surface area contributed by atoms with Gasteiger partial charge in [-0.05, 0) is 42.8 Å². The fourth-order valence-corrected chi connectivity index (χ4v) is 3.52. The molecule has 3 N–H and O–H groups in total. The SMILES string of the molecule is C=C/C=C\c1ccc2c(c1N)NC(C)(c1ccccn1)C=C2c1ccccn1. The molecule has 0 spiro atoms. The Morgan fingerprint density at radius 1 is 1.04 bits per heavy atom. The van der Waals surface area contributed by atoms with Gasteiger partial charge < -0.3 is 11.1 Å². The predicted molar refractivity (Wildman–Crippen MR) is 117 cm³/mol. The minimum absolute atomic E-state index is 0.518. The van der Waals surface area contributed by atoms with Crippen LogP contribution in [0.4, 0.5) is 11.4 Å². The molecule has 2 aromatic heterocycles. The van der Waals surface area contributed by atoms with Crippen LogP contribution < -0.4 is 11.1 Å². The Balaban J connectivity index is 1.95. The van der Waals surface area contributed by atoms with E-state index >= 15 is 0 Å². The smallest absolute Gasteiger partial charge is 0.0963 e. The summed E-state index contributed by atoms with van der Waals surface area (Å²) < 4.78 is 0. The second-order valence-electron chi connectivity index (χ2n) is 6.90. The molecule has 1 aliphatic heterocycles. The van der Waals surface area contributed by atoms with Gasteiger partial charge in [0.05, 0.1) is 28.3 Å². The van der Waals surface area contributed by atoms with Crippen molar-refractivity contribution in [2.24, 2.45) is 0 Å². The minimum atomic E-state index is -0.518. The molecule has 4 rings (SSSR count). The van der Waals surface area contributed by atoms with Gasteiger partial charge in [0.15, 0.2) is 0 Å². The fourth-order valence-electron chi connectivity index (χ4n) is 3.52. The fraction of sp³-hybridized carbons (Fsp3) is 0.0833. The third kappa shape index (κ3) is 3.09. The lowest BCUT2D eigenvalue weighted by molar-refractivity contribution is 0.658. The third-order valence-corrected chi connectivity index (χ3v) is 4.94. The molecule has 4 nitrogen and oxygen atoms in total. The molecule has 1 aromatic carbocycles. The molecule has 138 valence electrons. The van der Waals surface area contributed by atoms with Crippen molar-refractivity contribution in [2.75, 3.05) is 11.1 Å². The number of fused-ring (bicyclic) bond motifs is 1. The van der Waals surface area contributed by atoms with Crippen LogP contribution in [0.5, 0.6) is 0 Å². The second kappa shape index (κ2) is 7.16. The normalized spacial score (nSPS) is 18.2. The first-order valence-corrected chi connectivity index (χ1v) is 9.18. The Morgan fingerprint density at radius 2 is 1.82 bits per heavy atom. The van der Waals surface area contributed by atoms with Gasteiger partial charge in [-0.2, -0.15) is 0 Å². The molecule has 4 heteroatoms. The van der Waals surface area contributed by atoms with Crippen molar-refractivity contribution in [1.82, 2.24) is 9.97 Å². The molecule has 0 aliphatic carbocycles. The molecule has 28 heavy (non-hydrogen) atoms. The van der Waals surface area contributed by atoms with Crippen LogP contribution >= 0.6 is 0 Å². The molecule has 1 atom stereocenters. The molecule has 0 saturated heterocycles. The first kappa shape index (κ1) is 17.7. The summed E-state index contributed by atoms with van der Waals surface area (Å²) in [6, 6.07) is 16.0. The maximum atomic E-state index is 6.57. The maximum absolute atomic E-state index is 6.57. The van der Waals surface area contributed by atoms with Crippen LogP contribution in [0.1, 0.15) is 29.4 Å². The second-order valence-corrected chi connectivity index (χ2v) is 6.90. The molecule has 3 aromatic rings. The van der Waals surface area contributed by atoms with E-state index in [1.165, 1.54) is 0 Å². The number of allylic oxidation sites excluding steroid dienone is 2. The minimum Gasteiger partial charge on any atom is -0.397 e. The largest absolute Gasteiger partial charge is 0.397 e. The monoisotopic (exact) mass is 366 g/mol. The van der Waals surface area contributed by atoms with Crippen molar-refractivity contribution in [2.45, 2.75) is 12.5 Å². The summed E-state index contributed by atoms with van der Waals surface area (Å²) in [5.41, 5.74) is 12.5. The summed E-state index contributed by atoms with van der Waals surface area (Å²) >= 11 is 0. The van der Waals surface area contributed by atoms with Gasteiger partial charge in [-0.15, -0.1) is 0 Å². The molecule has 1 unspecified atom stereocenters. The summed E-state index contributed by atoms with van der Waals surface area (Å²) in [4.78, 5) is 9.16. The Bertz CT molecular complexity index is 1070. The number of benzene rings is 1. The zero-order valence-corrected chi connectivity index (χ0v) is 15.8. The summed E-state index contributed by atoms with van der Waals surface area (Å²) in [6.07, 6.45) is 11.4. The van der Waals surface area contributed by atoms with Gasteiger partial charge in [-0.1, -0.05) is 49.1 Å². The summed E-state index contributed by atoms with van der Waals surface area (Å²) in [5, 5.41) is 3.62. The Morgan fingerprint density at radius 3 is 2.50 bits per heavy atom. The van der Waals surface area contributed by atoms with Crippen LogP contribution in [0.15, 0.2) is 85.7 Å². The van der Waals surface area contributed by atoms with Gasteiger partial charge in [0.1, 0.15) is 0 Å². The van der Waals surface area contributed by atoms with Crippen molar-refractivity contribution in [3.63, 3.8) is 0 Å². The Kier molecular flexibility index (Phi) is 4.53. The van der Waals surface area contributed by atoms with Gasteiger partial charge >= 0.3 is 0 Å². The number of pyridine rings is 2. The highest BCUT2D eigenvalue weighted by atomic mass is 15.0. The summed E-state index contributed by atoms with van der Waals surface area (Å²) in [6.45, 7) is 5.84. The molecule has 1 aliphatic rings. The molecule has 0 radical (unpaired) electrons. The van der Waals surface area contributed by atoms with E-state index in [2.05, 4.69) is 40.9 Å². The Labute approximate surface area is 165 Å². The van der Waals surface area contributed by atoms with E-state index in [9.17, 15) is 0 Å². The first-order valence-electron chi connectivity index (χ1n) is 9.18. The number of nitrogens with one attached hydrogen (secondary N) is 1. The number of nitrogen functional groups attached to an aromatic ring is 1. The predicted octanol–water partition coefficient (Wildman–Crippen LogP) is 5.03. The highest BCUT2D eigenvalue weighted by Crippen LogP contribution is 2.44. The molecular formula is C24H22N4. The van der Waals surface area contributed by atoms with Crippen LogP contribution in [-0.2, 0) is 5.54 Å². The van der Waals surface area contributed by atoms with E-state index in [1.807, 2.05) is 54.6 Å². The highest BCUT2D eigenvalue weighted by Gasteiger charge is 2.33. The van der Waals surface area contributed by atoms with Gasteiger partial charge in [0.25, 0.3) is 0 Å². The van der Waals surface area contributed by atoms with Crippen LogP contribution in [0, 0.1) is 0 Å². The summed E-state index contributed by atoms with van der Waals surface area (Å²) in [7, 11) is 0. The lowest BCUT2D eigenvalue weighted by atomic mass is 9.84. The number of nitrogens with two attached hydrogens (primary N) is 1. The molecular weight excluding hydrogens is 344 g/mol. The number of aromatic nitrogens is 2. The van der Waals surface area contributed by atoms with E-state index in [-0.39, 0.29) is 0 Å². The zero-order valence-electron chi connectivity index (χ0n) is 15.8. The number of hydrogen-bond donors (Lipinski definition) is 2.